The van der Waals surface area contributed by atoms with Gasteiger partial charge in [0.05, 0.1) is 15.7 Å². The number of nitrogens with one attached hydrogen (secondary N) is 1. The molecule has 0 radical (unpaired) electrons. The highest BCUT2D eigenvalue weighted by molar-refractivity contribution is 7.14. The summed E-state index contributed by atoms with van der Waals surface area (Å²) >= 11 is 13.1. The summed E-state index contributed by atoms with van der Waals surface area (Å²) in [5, 5.41) is 5.82. The van der Waals surface area contributed by atoms with Gasteiger partial charge >= 0.3 is 0 Å². The van der Waals surface area contributed by atoms with E-state index in [4.69, 9.17) is 34.7 Å². The van der Waals surface area contributed by atoms with Gasteiger partial charge in [0.15, 0.2) is 5.13 Å². The molecule has 23 heavy (non-hydrogen) atoms. The van der Waals surface area contributed by atoms with Crippen molar-refractivity contribution in [3.05, 3.63) is 45.4 Å². The van der Waals surface area contributed by atoms with Gasteiger partial charge in [-0.25, -0.2) is 4.98 Å². The van der Waals surface area contributed by atoms with Gasteiger partial charge in [-0.15, -0.1) is 23.7 Å². The van der Waals surface area contributed by atoms with Crippen LogP contribution in [0, 0.1) is 0 Å². The maximum atomic E-state index is 11.0. The molecule has 122 valence electrons. The Morgan fingerprint density at radius 1 is 1.17 bits per heavy atom. The van der Waals surface area contributed by atoms with E-state index in [1.54, 1.807) is 23.6 Å². The molecule has 0 aliphatic heterocycles. The average Bonchev–Trinajstić information content (AvgIpc) is 2.90. The number of nitrogens with zero attached hydrogens (tertiary/aromatic N) is 1. The minimum atomic E-state index is -0.915. The van der Waals surface area contributed by atoms with Crippen LogP contribution in [0.5, 0.6) is 0 Å². The highest BCUT2D eigenvalue weighted by Gasteiger charge is 2.12. The molecule has 6 nitrogen and oxygen atoms in total. The summed E-state index contributed by atoms with van der Waals surface area (Å²) in [7, 11) is 0. The molecule has 0 saturated heterocycles. The van der Waals surface area contributed by atoms with Crippen LogP contribution in [0.1, 0.15) is 0 Å². The fourth-order valence-corrected chi connectivity index (χ4v) is 2.51. The van der Waals surface area contributed by atoms with Crippen molar-refractivity contribution in [1.29, 1.82) is 0 Å². The first-order chi connectivity index (χ1) is 10.4. The van der Waals surface area contributed by atoms with E-state index < -0.39 is 11.8 Å². The SMILES string of the molecule is Cl.NC(=O)C(=CNc1nc(-c2ccc(Cl)c(Cl)c2)cs1)C(N)=O. The number of thiazole rings is 1. The number of nitrogens with two attached hydrogens (primary N) is 2. The van der Waals surface area contributed by atoms with Crippen molar-refractivity contribution in [1.82, 2.24) is 4.98 Å². The molecule has 5 N–H and O–H groups in total. The number of carbonyl (C=O) groups is 2. The monoisotopic (exact) mass is 392 g/mol. The van der Waals surface area contributed by atoms with Crippen LogP contribution in [0.25, 0.3) is 11.3 Å². The third-order valence-electron chi connectivity index (χ3n) is 2.59. The highest BCUT2D eigenvalue weighted by atomic mass is 35.5. The standard InChI is InChI=1S/C13H10Cl2N4O2S.ClH/c14-8-2-1-6(3-9(8)15)10-5-22-13(19-10)18-4-7(11(16)20)12(17)21;/h1-5H,(H2,16,20)(H2,17,21)(H,18,19);1H. The Labute approximate surface area is 151 Å². The van der Waals surface area contributed by atoms with Crippen LogP contribution < -0.4 is 16.8 Å². The van der Waals surface area contributed by atoms with E-state index in [-0.39, 0.29) is 18.0 Å². The van der Waals surface area contributed by atoms with E-state index >= 15 is 0 Å². The number of aromatic nitrogens is 1. The molecule has 2 rings (SSSR count). The number of hydrogen-bond acceptors (Lipinski definition) is 5. The van der Waals surface area contributed by atoms with Crippen LogP contribution >= 0.6 is 46.9 Å². The molecule has 0 aliphatic carbocycles. The lowest BCUT2D eigenvalue weighted by Gasteiger charge is -2.00. The Morgan fingerprint density at radius 2 is 1.83 bits per heavy atom. The molecule has 0 fully saturated rings. The zero-order chi connectivity index (χ0) is 16.3. The zero-order valence-electron chi connectivity index (χ0n) is 11.4. The normalized spacial score (nSPS) is 9.65. The average molecular weight is 394 g/mol. The Hall–Kier alpha value is -1.80. The second-order valence-electron chi connectivity index (χ2n) is 4.10. The van der Waals surface area contributed by atoms with E-state index in [0.717, 1.165) is 11.8 Å². The van der Waals surface area contributed by atoms with Crippen LogP contribution in [0.15, 0.2) is 35.4 Å². The quantitative estimate of drug-likeness (QED) is 0.412. The number of anilines is 1. The van der Waals surface area contributed by atoms with E-state index in [1.165, 1.54) is 11.3 Å². The van der Waals surface area contributed by atoms with Crippen molar-refractivity contribution < 1.29 is 9.59 Å². The van der Waals surface area contributed by atoms with Crippen LogP contribution in [0.2, 0.25) is 10.0 Å². The van der Waals surface area contributed by atoms with E-state index in [0.29, 0.717) is 20.9 Å². The predicted octanol–water partition coefficient (Wildman–Crippen LogP) is 2.81. The van der Waals surface area contributed by atoms with Gasteiger partial charge in [-0.1, -0.05) is 29.3 Å². The van der Waals surface area contributed by atoms with Gasteiger partial charge in [0.25, 0.3) is 11.8 Å². The summed E-state index contributed by atoms with van der Waals surface area (Å²) in [6.07, 6.45) is 1.13. The maximum Gasteiger partial charge on any atom is 0.255 e. The van der Waals surface area contributed by atoms with Crippen molar-refractivity contribution in [3.8, 4) is 11.3 Å². The molecule has 2 amide bonds. The third-order valence-corrected chi connectivity index (χ3v) is 4.10. The summed E-state index contributed by atoms with van der Waals surface area (Å²) in [6.45, 7) is 0. The number of halogens is 3. The summed E-state index contributed by atoms with van der Waals surface area (Å²) in [5.74, 6) is -1.83. The maximum absolute atomic E-state index is 11.0. The smallest absolute Gasteiger partial charge is 0.255 e. The molecule has 0 bridgehead atoms. The van der Waals surface area contributed by atoms with E-state index in [1.807, 2.05) is 0 Å². The van der Waals surface area contributed by atoms with Crippen molar-refractivity contribution in [2.24, 2.45) is 11.5 Å². The third kappa shape index (κ3) is 4.84. The Bertz CT molecular complexity index is 760. The van der Waals surface area contributed by atoms with Crippen LogP contribution in [-0.4, -0.2) is 16.8 Å². The molecule has 0 spiro atoms. The fourth-order valence-electron chi connectivity index (χ4n) is 1.53. The summed E-state index contributed by atoms with van der Waals surface area (Å²) in [4.78, 5) is 26.4. The Morgan fingerprint density at radius 3 is 2.39 bits per heavy atom. The second-order valence-corrected chi connectivity index (χ2v) is 5.77. The molecule has 10 heteroatoms. The number of amides is 2. The lowest BCUT2D eigenvalue weighted by Crippen LogP contribution is -2.26. The molecular formula is C13H11Cl3N4O2S. The Balaban J connectivity index is 0.00000264. The van der Waals surface area contributed by atoms with Crippen molar-refractivity contribution in [2.75, 3.05) is 5.32 Å². The first-order valence-electron chi connectivity index (χ1n) is 5.85. The molecule has 1 aromatic heterocycles. The molecule has 0 saturated carbocycles. The number of hydrogen-bond donors (Lipinski definition) is 3. The molecule has 0 atom stereocenters. The van der Waals surface area contributed by atoms with E-state index in [9.17, 15) is 9.59 Å². The second kappa shape index (κ2) is 8.16. The van der Waals surface area contributed by atoms with Gasteiger partial charge in [-0.3, -0.25) is 9.59 Å². The van der Waals surface area contributed by atoms with Crippen molar-refractivity contribution in [3.63, 3.8) is 0 Å². The largest absolute Gasteiger partial charge is 0.365 e. The van der Waals surface area contributed by atoms with Crippen molar-refractivity contribution in [2.45, 2.75) is 0 Å². The predicted molar refractivity (Wildman–Crippen MR) is 94.9 cm³/mol. The summed E-state index contributed by atoms with van der Waals surface area (Å²) in [5.41, 5.74) is 11.2. The first-order valence-corrected chi connectivity index (χ1v) is 7.49. The van der Waals surface area contributed by atoms with Gasteiger partial charge in [-0.2, -0.15) is 0 Å². The Kier molecular flexibility index (Phi) is 6.83. The minimum Gasteiger partial charge on any atom is -0.365 e. The number of carbonyl (C=O) groups excluding carboxylic acids is 2. The lowest BCUT2D eigenvalue weighted by atomic mass is 10.2. The number of primary amides is 2. The van der Waals surface area contributed by atoms with Crippen molar-refractivity contribution >= 4 is 63.9 Å². The molecule has 1 aromatic carbocycles. The summed E-state index contributed by atoms with van der Waals surface area (Å²) in [6, 6.07) is 5.14. The molecular weight excluding hydrogens is 383 g/mol. The first kappa shape index (κ1) is 19.2. The van der Waals surface area contributed by atoms with Gasteiger partial charge < -0.3 is 16.8 Å². The molecule has 0 aliphatic rings. The summed E-state index contributed by atoms with van der Waals surface area (Å²) < 4.78 is 0. The minimum absolute atomic E-state index is 0. The van der Waals surface area contributed by atoms with Gasteiger partial charge in [-0.05, 0) is 12.1 Å². The highest BCUT2D eigenvalue weighted by Crippen LogP contribution is 2.30. The number of benzene rings is 1. The fraction of sp³-hybridized carbons (Fsp3) is 0. The van der Waals surface area contributed by atoms with Gasteiger partial charge in [0, 0.05) is 17.1 Å². The van der Waals surface area contributed by atoms with Crippen LogP contribution in [0.3, 0.4) is 0 Å². The number of rotatable bonds is 5. The molecule has 2 aromatic rings. The van der Waals surface area contributed by atoms with Gasteiger partial charge in [0.1, 0.15) is 5.57 Å². The lowest BCUT2D eigenvalue weighted by molar-refractivity contribution is -0.120. The van der Waals surface area contributed by atoms with Gasteiger partial charge in [0.2, 0.25) is 0 Å². The zero-order valence-corrected chi connectivity index (χ0v) is 14.5. The van der Waals surface area contributed by atoms with Crippen LogP contribution in [0.4, 0.5) is 5.13 Å². The van der Waals surface area contributed by atoms with Crippen LogP contribution in [-0.2, 0) is 9.59 Å². The molecule has 0 unspecified atom stereocenters. The topological polar surface area (TPSA) is 111 Å². The van der Waals surface area contributed by atoms with E-state index in [2.05, 4.69) is 10.3 Å². The molecule has 1 heterocycles.